The lowest BCUT2D eigenvalue weighted by Crippen LogP contribution is -2.39. The highest BCUT2D eigenvalue weighted by atomic mass is 35.5. The Bertz CT molecular complexity index is 603. The molecule has 6 heteroatoms. The van der Waals surface area contributed by atoms with Gasteiger partial charge in [-0.1, -0.05) is 23.7 Å². The number of nitrogens with one attached hydrogen (secondary N) is 2. The zero-order chi connectivity index (χ0) is 15.8. The standard InChI is InChI=1S/C16H22ClN5/c1-13-11-21-22(12-13)10-9-20-16(18-2)19-8-7-14-3-5-15(17)6-4-14/h3-6,11-12H,7-10H2,1-2H3,(H2,18,19,20). The van der Waals surface area contributed by atoms with Gasteiger partial charge in [-0.15, -0.1) is 0 Å². The summed E-state index contributed by atoms with van der Waals surface area (Å²) in [5.41, 5.74) is 2.42. The highest BCUT2D eigenvalue weighted by Crippen LogP contribution is 2.09. The minimum absolute atomic E-state index is 0.767. The van der Waals surface area contributed by atoms with Crippen LogP contribution in [-0.4, -0.2) is 35.9 Å². The van der Waals surface area contributed by atoms with Gasteiger partial charge in [-0.3, -0.25) is 9.67 Å². The molecule has 1 aromatic heterocycles. The van der Waals surface area contributed by atoms with E-state index in [2.05, 4.69) is 20.7 Å². The number of halogens is 1. The van der Waals surface area contributed by atoms with Gasteiger partial charge in [0.05, 0.1) is 12.7 Å². The number of hydrogen-bond acceptors (Lipinski definition) is 2. The van der Waals surface area contributed by atoms with Crippen molar-refractivity contribution in [3.63, 3.8) is 0 Å². The van der Waals surface area contributed by atoms with Gasteiger partial charge in [-0.05, 0) is 36.6 Å². The van der Waals surface area contributed by atoms with Gasteiger partial charge in [0, 0.05) is 31.4 Å². The van der Waals surface area contributed by atoms with Crippen molar-refractivity contribution < 1.29 is 0 Å². The van der Waals surface area contributed by atoms with E-state index >= 15 is 0 Å². The van der Waals surface area contributed by atoms with Gasteiger partial charge >= 0.3 is 0 Å². The molecular weight excluding hydrogens is 298 g/mol. The first-order valence-corrected chi connectivity index (χ1v) is 7.73. The van der Waals surface area contributed by atoms with Crippen molar-refractivity contribution in [2.24, 2.45) is 4.99 Å². The van der Waals surface area contributed by atoms with Crippen molar-refractivity contribution in [3.05, 3.63) is 52.8 Å². The molecule has 0 saturated heterocycles. The highest BCUT2D eigenvalue weighted by molar-refractivity contribution is 6.30. The summed E-state index contributed by atoms with van der Waals surface area (Å²) < 4.78 is 1.92. The molecule has 118 valence electrons. The van der Waals surface area contributed by atoms with Crippen molar-refractivity contribution in [3.8, 4) is 0 Å². The zero-order valence-electron chi connectivity index (χ0n) is 13.0. The molecule has 0 fully saturated rings. The van der Waals surface area contributed by atoms with E-state index < -0.39 is 0 Å². The lowest BCUT2D eigenvalue weighted by atomic mass is 10.1. The van der Waals surface area contributed by atoms with Gasteiger partial charge in [-0.2, -0.15) is 5.10 Å². The number of benzene rings is 1. The molecule has 1 heterocycles. The summed E-state index contributed by atoms with van der Waals surface area (Å²) in [6.07, 6.45) is 4.81. The predicted molar refractivity (Wildman–Crippen MR) is 91.5 cm³/mol. The normalized spacial score (nSPS) is 11.5. The van der Waals surface area contributed by atoms with Crippen molar-refractivity contribution in [2.75, 3.05) is 20.1 Å². The first-order valence-electron chi connectivity index (χ1n) is 7.35. The first-order chi connectivity index (χ1) is 10.7. The number of nitrogens with zero attached hydrogens (tertiary/aromatic N) is 3. The second-order valence-corrected chi connectivity index (χ2v) is 5.52. The number of aliphatic imine (C=N–C) groups is 1. The average Bonchev–Trinajstić information content (AvgIpc) is 2.93. The Hall–Kier alpha value is -2.01. The molecule has 0 unspecified atom stereocenters. The Morgan fingerprint density at radius 2 is 1.95 bits per heavy atom. The van der Waals surface area contributed by atoms with E-state index in [4.69, 9.17) is 11.6 Å². The predicted octanol–water partition coefficient (Wildman–Crippen LogP) is 2.25. The molecule has 1 aromatic carbocycles. The maximum absolute atomic E-state index is 5.88. The molecule has 22 heavy (non-hydrogen) atoms. The lowest BCUT2D eigenvalue weighted by Gasteiger charge is -2.12. The van der Waals surface area contributed by atoms with Crippen molar-refractivity contribution in [1.29, 1.82) is 0 Å². The Balaban J connectivity index is 1.67. The Morgan fingerprint density at radius 3 is 2.59 bits per heavy atom. The summed E-state index contributed by atoms with van der Waals surface area (Å²) >= 11 is 5.88. The van der Waals surface area contributed by atoms with Crippen LogP contribution in [0.2, 0.25) is 5.02 Å². The molecule has 5 nitrogen and oxygen atoms in total. The molecule has 2 aromatic rings. The van der Waals surface area contributed by atoms with Gasteiger partial charge < -0.3 is 10.6 Å². The van der Waals surface area contributed by atoms with E-state index in [1.807, 2.05) is 48.3 Å². The number of aromatic nitrogens is 2. The summed E-state index contributed by atoms with van der Waals surface area (Å²) in [4.78, 5) is 4.21. The van der Waals surface area contributed by atoms with Crippen LogP contribution in [0.1, 0.15) is 11.1 Å². The van der Waals surface area contributed by atoms with E-state index in [1.165, 1.54) is 11.1 Å². The lowest BCUT2D eigenvalue weighted by molar-refractivity contribution is 0.597. The maximum Gasteiger partial charge on any atom is 0.191 e. The molecule has 0 atom stereocenters. The van der Waals surface area contributed by atoms with Crippen LogP contribution >= 0.6 is 11.6 Å². The fourth-order valence-corrected chi connectivity index (χ4v) is 2.20. The summed E-state index contributed by atoms with van der Waals surface area (Å²) in [5, 5.41) is 11.6. The molecule has 2 rings (SSSR count). The minimum Gasteiger partial charge on any atom is -0.356 e. The largest absolute Gasteiger partial charge is 0.356 e. The van der Waals surface area contributed by atoms with Gasteiger partial charge in [0.1, 0.15) is 0 Å². The van der Waals surface area contributed by atoms with E-state index in [-0.39, 0.29) is 0 Å². The molecule has 0 spiro atoms. The fraction of sp³-hybridized carbons (Fsp3) is 0.375. The van der Waals surface area contributed by atoms with E-state index in [0.29, 0.717) is 0 Å². The zero-order valence-corrected chi connectivity index (χ0v) is 13.8. The summed E-state index contributed by atoms with van der Waals surface area (Å²) in [6.45, 7) is 4.45. The van der Waals surface area contributed by atoms with Crippen LogP contribution in [0.3, 0.4) is 0 Å². The van der Waals surface area contributed by atoms with Crippen LogP contribution in [0.5, 0.6) is 0 Å². The SMILES string of the molecule is CN=C(NCCc1ccc(Cl)cc1)NCCn1cc(C)cn1. The monoisotopic (exact) mass is 319 g/mol. The Kier molecular flexibility index (Phi) is 6.27. The van der Waals surface area contributed by atoms with Crippen LogP contribution in [-0.2, 0) is 13.0 Å². The van der Waals surface area contributed by atoms with Crippen LogP contribution in [0, 0.1) is 6.92 Å². The third kappa shape index (κ3) is 5.41. The minimum atomic E-state index is 0.767. The summed E-state index contributed by atoms with van der Waals surface area (Å²) in [7, 11) is 1.77. The van der Waals surface area contributed by atoms with Gasteiger partial charge in [0.15, 0.2) is 5.96 Å². The smallest absolute Gasteiger partial charge is 0.191 e. The summed E-state index contributed by atoms with van der Waals surface area (Å²) in [5.74, 6) is 0.804. The molecule has 0 amide bonds. The van der Waals surface area contributed by atoms with Gasteiger partial charge in [0.2, 0.25) is 0 Å². The third-order valence-corrected chi connectivity index (χ3v) is 3.49. The second-order valence-electron chi connectivity index (χ2n) is 5.08. The van der Waals surface area contributed by atoms with Crippen LogP contribution in [0.25, 0.3) is 0 Å². The number of aryl methyl sites for hydroxylation is 1. The van der Waals surface area contributed by atoms with Gasteiger partial charge in [0.25, 0.3) is 0 Å². The van der Waals surface area contributed by atoms with E-state index in [9.17, 15) is 0 Å². The molecule has 2 N–H and O–H groups in total. The molecule has 0 aliphatic carbocycles. The number of hydrogen-bond donors (Lipinski definition) is 2. The van der Waals surface area contributed by atoms with Crippen LogP contribution in [0.15, 0.2) is 41.7 Å². The highest BCUT2D eigenvalue weighted by Gasteiger charge is 1.99. The van der Waals surface area contributed by atoms with Crippen LogP contribution < -0.4 is 10.6 Å². The van der Waals surface area contributed by atoms with E-state index in [0.717, 1.165) is 37.0 Å². The quantitative estimate of drug-likeness (QED) is 0.634. The Labute approximate surface area is 136 Å². The fourth-order valence-electron chi connectivity index (χ4n) is 2.08. The molecule has 0 radical (unpaired) electrons. The number of guanidine groups is 1. The number of rotatable bonds is 6. The molecule has 0 aliphatic rings. The maximum atomic E-state index is 5.88. The van der Waals surface area contributed by atoms with Crippen molar-refractivity contribution in [2.45, 2.75) is 19.9 Å². The van der Waals surface area contributed by atoms with E-state index in [1.54, 1.807) is 7.05 Å². The molecule has 0 aliphatic heterocycles. The Morgan fingerprint density at radius 1 is 1.23 bits per heavy atom. The topological polar surface area (TPSA) is 54.2 Å². The first kappa shape index (κ1) is 16.4. The summed E-state index contributed by atoms with van der Waals surface area (Å²) in [6, 6.07) is 7.91. The van der Waals surface area contributed by atoms with Crippen molar-refractivity contribution >= 4 is 17.6 Å². The van der Waals surface area contributed by atoms with Gasteiger partial charge in [-0.25, -0.2) is 0 Å². The van der Waals surface area contributed by atoms with Crippen molar-refractivity contribution in [1.82, 2.24) is 20.4 Å². The molecular formula is C16H22ClN5. The third-order valence-electron chi connectivity index (χ3n) is 3.24. The molecule has 0 bridgehead atoms. The average molecular weight is 320 g/mol. The second kappa shape index (κ2) is 8.44. The van der Waals surface area contributed by atoms with Crippen LogP contribution in [0.4, 0.5) is 0 Å². The molecule has 0 saturated carbocycles.